The van der Waals surface area contributed by atoms with Gasteiger partial charge in [0.05, 0.1) is 10.5 Å². The van der Waals surface area contributed by atoms with E-state index in [-0.39, 0.29) is 4.90 Å². The Morgan fingerprint density at radius 1 is 1.04 bits per heavy atom. The van der Waals surface area contributed by atoms with E-state index in [1.165, 1.54) is 4.31 Å². The maximum absolute atomic E-state index is 13.0. The van der Waals surface area contributed by atoms with Crippen molar-refractivity contribution in [1.82, 2.24) is 9.21 Å². The van der Waals surface area contributed by atoms with Crippen molar-refractivity contribution in [3.8, 4) is 0 Å². The summed E-state index contributed by atoms with van der Waals surface area (Å²) in [4.78, 5) is 2.44. The summed E-state index contributed by atoms with van der Waals surface area (Å²) >= 11 is 0. The first-order valence-corrected chi connectivity index (χ1v) is 11.5. The Hall–Kier alpha value is -1.12. The molecule has 1 aromatic carbocycles. The molecule has 4 nitrogen and oxygen atoms in total. The van der Waals surface area contributed by atoms with Gasteiger partial charge < -0.3 is 4.90 Å². The fraction of sp³-hybridized carbons (Fsp3) is 0.700. The molecule has 1 heterocycles. The van der Waals surface area contributed by atoms with Crippen LogP contribution in [-0.2, 0) is 16.2 Å². The highest BCUT2D eigenvalue weighted by molar-refractivity contribution is 7.89. The molecule has 3 rings (SSSR count). The van der Waals surface area contributed by atoms with Gasteiger partial charge in [-0.25, -0.2) is 8.42 Å². The minimum Gasteiger partial charge on any atom is -0.300 e. The molecule has 3 atom stereocenters. The van der Waals surface area contributed by atoms with Crippen molar-refractivity contribution < 1.29 is 21.6 Å². The summed E-state index contributed by atoms with van der Waals surface area (Å²) in [5.74, 6) is 0.646. The molecule has 1 aromatic rings. The van der Waals surface area contributed by atoms with Crippen molar-refractivity contribution in [2.75, 3.05) is 26.2 Å². The van der Waals surface area contributed by atoms with Crippen LogP contribution in [0.15, 0.2) is 29.2 Å². The number of nitrogens with zero attached hydrogens (tertiary/aromatic N) is 2. The summed E-state index contributed by atoms with van der Waals surface area (Å²) < 4.78 is 65.7. The van der Waals surface area contributed by atoms with E-state index < -0.39 is 21.8 Å². The second-order valence-electron chi connectivity index (χ2n) is 7.95. The van der Waals surface area contributed by atoms with E-state index in [0.717, 1.165) is 63.0 Å². The van der Waals surface area contributed by atoms with Crippen molar-refractivity contribution in [2.45, 2.75) is 56.6 Å². The van der Waals surface area contributed by atoms with Gasteiger partial charge >= 0.3 is 6.18 Å². The largest absolute Gasteiger partial charge is 0.416 e. The quantitative estimate of drug-likeness (QED) is 0.666. The Morgan fingerprint density at radius 3 is 2.18 bits per heavy atom. The summed E-state index contributed by atoms with van der Waals surface area (Å²) in [5, 5.41) is 0. The molecule has 1 aliphatic heterocycles. The average Bonchev–Trinajstić information content (AvgIpc) is 3.22. The zero-order valence-corrected chi connectivity index (χ0v) is 17.3. The smallest absolute Gasteiger partial charge is 0.300 e. The molecule has 28 heavy (non-hydrogen) atoms. The number of hydrogen-bond acceptors (Lipinski definition) is 3. The highest BCUT2D eigenvalue weighted by atomic mass is 32.2. The van der Waals surface area contributed by atoms with Crippen LogP contribution in [-0.4, -0.2) is 49.8 Å². The third-order valence-corrected chi connectivity index (χ3v) is 7.94. The second-order valence-corrected chi connectivity index (χ2v) is 9.89. The maximum atomic E-state index is 13.0. The van der Waals surface area contributed by atoms with E-state index in [0.29, 0.717) is 31.0 Å². The normalized spacial score (nSPS) is 26.1. The molecule has 0 amide bonds. The van der Waals surface area contributed by atoms with Gasteiger partial charge in [0.1, 0.15) is 0 Å². The maximum Gasteiger partial charge on any atom is 0.416 e. The zero-order valence-electron chi connectivity index (χ0n) is 16.5. The molecule has 2 fully saturated rings. The van der Waals surface area contributed by atoms with Crippen LogP contribution in [0.1, 0.15) is 45.1 Å². The van der Waals surface area contributed by atoms with Gasteiger partial charge in [-0.05, 0) is 74.9 Å². The van der Waals surface area contributed by atoms with Crippen molar-refractivity contribution in [1.29, 1.82) is 0 Å². The molecular formula is C20H29F3N2O2S. The molecule has 0 bridgehead atoms. The van der Waals surface area contributed by atoms with E-state index in [4.69, 9.17) is 0 Å². The number of halogens is 3. The Balaban J connectivity index is 1.75. The lowest BCUT2D eigenvalue weighted by Gasteiger charge is -2.32. The van der Waals surface area contributed by atoms with Gasteiger partial charge in [0.2, 0.25) is 10.0 Å². The summed E-state index contributed by atoms with van der Waals surface area (Å²) in [6, 6.07) is 4.24. The van der Waals surface area contributed by atoms with Crippen molar-refractivity contribution in [3.05, 3.63) is 29.8 Å². The Morgan fingerprint density at radius 2 is 1.64 bits per heavy atom. The van der Waals surface area contributed by atoms with Crippen molar-refractivity contribution in [2.24, 2.45) is 11.8 Å². The molecule has 8 heteroatoms. The third-order valence-electron chi connectivity index (χ3n) is 6.10. The van der Waals surface area contributed by atoms with Crippen LogP contribution in [0.25, 0.3) is 0 Å². The van der Waals surface area contributed by atoms with Crippen LogP contribution >= 0.6 is 0 Å². The minimum absolute atomic E-state index is 0.0593. The fourth-order valence-corrected chi connectivity index (χ4v) is 6.36. The predicted molar refractivity (Wildman–Crippen MR) is 102 cm³/mol. The Bertz CT molecular complexity index is 759. The second kappa shape index (κ2) is 8.32. The highest BCUT2D eigenvalue weighted by Gasteiger charge is 2.47. The summed E-state index contributed by atoms with van der Waals surface area (Å²) in [5.41, 5.74) is -0.834. The van der Waals surface area contributed by atoms with Gasteiger partial charge in [-0.3, -0.25) is 0 Å². The van der Waals surface area contributed by atoms with E-state index in [2.05, 4.69) is 18.7 Å². The average molecular weight is 419 g/mol. The lowest BCUT2D eigenvalue weighted by atomic mass is 9.96. The molecule has 0 unspecified atom stereocenters. The molecule has 0 spiro atoms. The number of rotatable bonds is 7. The van der Waals surface area contributed by atoms with Crippen molar-refractivity contribution in [3.63, 3.8) is 0 Å². The lowest BCUT2D eigenvalue weighted by molar-refractivity contribution is -0.137. The van der Waals surface area contributed by atoms with Gasteiger partial charge in [-0.2, -0.15) is 17.5 Å². The van der Waals surface area contributed by atoms with Crippen LogP contribution in [0, 0.1) is 11.8 Å². The molecular weight excluding hydrogens is 389 g/mol. The molecule has 1 saturated heterocycles. The number of hydrogen-bond donors (Lipinski definition) is 0. The zero-order chi connectivity index (χ0) is 20.5. The molecule has 0 radical (unpaired) electrons. The summed E-state index contributed by atoms with van der Waals surface area (Å²) in [6.45, 7) is 7.29. The number of fused-ring (bicyclic) bond motifs is 1. The monoisotopic (exact) mass is 418 g/mol. The summed E-state index contributed by atoms with van der Waals surface area (Å²) in [7, 11) is -3.77. The van der Waals surface area contributed by atoms with Crippen LogP contribution in [0.4, 0.5) is 13.2 Å². The SMILES string of the molecule is CCCN(CCC)[C@H]1CC[C@@H]2CN(S(=O)(=O)c3ccc(C(F)(F)F)cc3)C[C@@H]21. The molecule has 158 valence electrons. The Labute approximate surface area is 165 Å². The third kappa shape index (κ3) is 4.24. The summed E-state index contributed by atoms with van der Waals surface area (Å²) in [6.07, 6.45) is -0.215. The number of alkyl halides is 3. The first-order chi connectivity index (χ1) is 13.2. The van der Waals surface area contributed by atoms with Gasteiger partial charge in [0.15, 0.2) is 0 Å². The fourth-order valence-electron chi connectivity index (χ4n) is 4.83. The first kappa shape index (κ1) is 21.6. The molecule has 0 N–H and O–H groups in total. The predicted octanol–water partition coefficient (Wildman–Crippen LogP) is 4.23. The van der Waals surface area contributed by atoms with Gasteiger partial charge in [-0.1, -0.05) is 13.8 Å². The van der Waals surface area contributed by atoms with E-state index in [1.807, 2.05) is 0 Å². The molecule has 1 saturated carbocycles. The van der Waals surface area contributed by atoms with E-state index in [9.17, 15) is 21.6 Å². The van der Waals surface area contributed by atoms with Gasteiger partial charge in [0.25, 0.3) is 0 Å². The van der Waals surface area contributed by atoms with Crippen LogP contribution in [0.5, 0.6) is 0 Å². The number of benzene rings is 1. The van der Waals surface area contributed by atoms with Gasteiger partial charge in [-0.15, -0.1) is 0 Å². The van der Waals surface area contributed by atoms with Crippen molar-refractivity contribution >= 4 is 10.0 Å². The topological polar surface area (TPSA) is 40.6 Å². The van der Waals surface area contributed by atoms with Crippen LogP contribution < -0.4 is 0 Å². The Kier molecular flexibility index (Phi) is 6.41. The molecule has 1 aliphatic carbocycles. The molecule has 2 aliphatic rings. The van der Waals surface area contributed by atoms with E-state index in [1.54, 1.807) is 0 Å². The van der Waals surface area contributed by atoms with Crippen LogP contribution in [0.3, 0.4) is 0 Å². The molecule has 0 aromatic heterocycles. The van der Waals surface area contributed by atoms with E-state index >= 15 is 0 Å². The standard InChI is InChI=1S/C20H29F3N2O2S/c1-3-11-24(12-4-2)19-10-5-15-13-25(14-18(15)19)28(26,27)17-8-6-16(7-9-17)20(21,22)23/h6-9,15,18-19H,3-5,10-14H2,1-2H3/t15-,18+,19+/m1/s1. The minimum atomic E-state index is -4.47. The van der Waals surface area contributed by atoms with Crippen LogP contribution in [0.2, 0.25) is 0 Å². The lowest BCUT2D eigenvalue weighted by Crippen LogP contribution is -2.41. The highest BCUT2D eigenvalue weighted by Crippen LogP contribution is 2.42. The number of sulfonamides is 1. The first-order valence-electron chi connectivity index (χ1n) is 10.1. The van der Waals surface area contributed by atoms with Gasteiger partial charge in [0, 0.05) is 19.1 Å².